The molecule has 1 saturated heterocycles. The lowest BCUT2D eigenvalue weighted by molar-refractivity contribution is -0.0372. The molecule has 6 rings (SSSR count). The molecule has 2 aliphatic heterocycles. The van der Waals surface area contributed by atoms with Gasteiger partial charge in [0.15, 0.2) is 0 Å². The minimum atomic E-state index is -0.814. The van der Waals surface area contributed by atoms with E-state index in [0.29, 0.717) is 18.0 Å². The topological polar surface area (TPSA) is 90.2 Å². The third-order valence-corrected chi connectivity index (χ3v) is 7.81. The van der Waals surface area contributed by atoms with Gasteiger partial charge in [-0.15, -0.1) is 0 Å². The summed E-state index contributed by atoms with van der Waals surface area (Å²) < 4.78 is 21.5. The molecule has 3 aromatic heterocycles. The Balaban J connectivity index is 1.25. The predicted octanol–water partition coefficient (Wildman–Crippen LogP) is 3.92. The van der Waals surface area contributed by atoms with Crippen molar-refractivity contribution in [3.8, 4) is 11.3 Å². The summed E-state index contributed by atoms with van der Waals surface area (Å²) in [7, 11) is 5.97. The Morgan fingerprint density at radius 3 is 2.85 bits per heavy atom. The minimum Gasteiger partial charge on any atom is -0.375 e. The minimum absolute atomic E-state index is 0.195. The Hall–Kier alpha value is -3.57. The fourth-order valence-electron chi connectivity index (χ4n) is 6.01. The lowest BCUT2D eigenvalue weighted by Gasteiger charge is -2.44. The van der Waals surface area contributed by atoms with Crippen molar-refractivity contribution in [3.05, 3.63) is 71.9 Å². The largest absolute Gasteiger partial charge is 0.375 e. The van der Waals surface area contributed by atoms with Crippen LogP contribution in [-0.2, 0) is 11.3 Å². The summed E-state index contributed by atoms with van der Waals surface area (Å²) >= 11 is 0. The maximum atomic E-state index is 13.7. The highest BCUT2D eigenvalue weighted by Crippen LogP contribution is 2.39. The summed E-state index contributed by atoms with van der Waals surface area (Å²) in [6, 6.07) is 10.8. The van der Waals surface area contributed by atoms with Gasteiger partial charge in [0.05, 0.1) is 29.4 Å². The molecular weight excluding hydrogens is 497 g/mol. The van der Waals surface area contributed by atoms with Gasteiger partial charge in [-0.25, -0.2) is 14.4 Å². The molecular formula is C29H34FN7O2. The average Bonchev–Trinajstić information content (AvgIpc) is 3.53. The van der Waals surface area contributed by atoms with Gasteiger partial charge in [0.25, 0.3) is 0 Å². The van der Waals surface area contributed by atoms with Crippen LogP contribution in [0.4, 0.5) is 21.6 Å². The van der Waals surface area contributed by atoms with Crippen molar-refractivity contribution in [1.29, 1.82) is 0 Å². The van der Waals surface area contributed by atoms with Gasteiger partial charge < -0.3 is 25.0 Å². The molecule has 0 aliphatic carbocycles. The van der Waals surface area contributed by atoms with E-state index < -0.39 is 6.23 Å². The van der Waals surface area contributed by atoms with Crippen LogP contribution in [0.2, 0.25) is 0 Å². The maximum absolute atomic E-state index is 13.7. The third kappa shape index (κ3) is 4.85. The van der Waals surface area contributed by atoms with Crippen LogP contribution in [0, 0.1) is 5.82 Å². The van der Waals surface area contributed by atoms with Crippen LogP contribution in [0.25, 0.3) is 16.9 Å². The van der Waals surface area contributed by atoms with E-state index >= 15 is 0 Å². The molecule has 5 heterocycles. The first kappa shape index (κ1) is 25.7. The number of aromatic nitrogens is 3. The Kier molecular flexibility index (Phi) is 6.72. The molecule has 10 heteroatoms. The number of methoxy groups -OCH3 is 1. The van der Waals surface area contributed by atoms with Crippen LogP contribution < -0.4 is 15.5 Å². The molecule has 4 aromatic rings. The molecule has 204 valence electrons. The number of hydrogen-bond acceptors (Lipinski definition) is 8. The monoisotopic (exact) mass is 531 g/mol. The number of halogens is 1. The smallest absolute Gasteiger partial charge is 0.140 e. The van der Waals surface area contributed by atoms with Gasteiger partial charge in [0.1, 0.15) is 23.5 Å². The van der Waals surface area contributed by atoms with Gasteiger partial charge in [-0.1, -0.05) is 6.07 Å². The number of imidazole rings is 1. The Labute approximate surface area is 227 Å². The van der Waals surface area contributed by atoms with E-state index in [0.717, 1.165) is 66.2 Å². The second kappa shape index (κ2) is 10.2. The first-order chi connectivity index (χ1) is 18.9. The Morgan fingerprint density at radius 1 is 1.21 bits per heavy atom. The van der Waals surface area contributed by atoms with Crippen LogP contribution in [0.3, 0.4) is 0 Å². The van der Waals surface area contributed by atoms with Crippen molar-refractivity contribution in [2.24, 2.45) is 0 Å². The van der Waals surface area contributed by atoms with Gasteiger partial charge in [-0.2, -0.15) is 0 Å². The number of piperidine rings is 1. The zero-order chi connectivity index (χ0) is 27.1. The van der Waals surface area contributed by atoms with E-state index in [4.69, 9.17) is 9.72 Å². The fourth-order valence-corrected chi connectivity index (χ4v) is 6.01. The average molecular weight is 532 g/mol. The number of benzene rings is 1. The second-order valence-corrected chi connectivity index (χ2v) is 10.7. The first-order valence-corrected chi connectivity index (χ1v) is 13.2. The Bertz CT molecular complexity index is 1490. The molecule has 0 spiro atoms. The number of ether oxygens (including phenoxy) is 1. The lowest BCUT2D eigenvalue weighted by atomic mass is 9.91. The van der Waals surface area contributed by atoms with Crippen molar-refractivity contribution in [2.75, 3.05) is 51.1 Å². The highest BCUT2D eigenvalue weighted by molar-refractivity contribution is 5.76. The SMILES string of the molecule is CO[C@@]1(CN(C)C)CCCN(c2ccc(Nc3ccc(-c4cnc5cc(F)ccn45)c4c3C(O)NC4)nc2)C1. The van der Waals surface area contributed by atoms with Crippen LogP contribution in [0.15, 0.2) is 55.0 Å². The summed E-state index contributed by atoms with van der Waals surface area (Å²) in [6.45, 7) is 3.16. The molecule has 0 amide bonds. The highest BCUT2D eigenvalue weighted by Gasteiger charge is 2.36. The number of aliphatic hydroxyl groups is 1. The van der Waals surface area contributed by atoms with Gasteiger partial charge in [-0.3, -0.25) is 9.72 Å². The number of pyridine rings is 2. The molecule has 2 aliphatic rings. The predicted molar refractivity (Wildman–Crippen MR) is 150 cm³/mol. The van der Waals surface area contributed by atoms with E-state index in [1.54, 1.807) is 19.5 Å². The molecule has 3 N–H and O–H groups in total. The van der Waals surface area contributed by atoms with Crippen molar-refractivity contribution < 1.29 is 14.2 Å². The van der Waals surface area contributed by atoms with Gasteiger partial charge in [0.2, 0.25) is 0 Å². The zero-order valence-electron chi connectivity index (χ0n) is 22.5. The quantitative estimate of drug-likeness (QED) is 0.331. The van der Waals surface area contributed by atoms with Gasteiger partial charge in [-0.05, 0) is 56.8 Å². The van der Waals surface area contributed by atoms with Crippen LogP contribution in [-0.4, -0.2) is 70.8 Å². The van der Waals surface area contributed by atoms with E-state index in [1.165, 1.54) is 12.1 Å². The molecule has 39 heavy (non-hydrogen) atoms. The fraction of sp³-hybridized carbons (Fsp3) is 0.379. The first-order valence-electron chi connectivity index (χ1n) is 13.2. The standard InChI is InChI=1S/C29H34FN7O2/c1-35(2)17-29(39-3)10-4-11-36(18-29)20-5-8-25(31-14-20)34-23-7-6-21(22-15-33-28(38)27(22)23)24-16-32-26-13-19(30)9-12-37(24)26/h5-9,12-14,16,28,33,38H,4,10-11,15,17-18H2,1-3H3,(H,31,34)/t28?,29-/m1/s1. The number of hydrogen-bond donors (Lipinski definition) is 3. The van der Waals surface area contributed by atoms with Crippen LogP contribution in [0.1, 0.15) is 30.2 Å². The summed E-state index contributed by atoms with van der Waals surface area (Å²) in [5.41, 5.74) is 5.72. The number of fused-ring (bicyclic) bond motifs is 2. The van der Waals surface area contributed by atoms with Gasteiger partial charge in [0, 0.05) is 62.4 Å². The van der Waals surface area contributed by atoms with Crippen molar-refractivity contribution in [1.82, 2.24) is 24.6 Å². The normalized spacial score (nSPS) is 21.1. The molecule has 0 saturated carbocycles. The number of aliphatic hydroxyl groups excluding tert-OH is 1. The third-order valence-electron chi connectivity index (χ3n) is 7.81. The maximum Gasteiger partial charge on any atom is 0.140 e. The van der Waals surface area contributed by atoms with Gasteiger partial charge >= 0.3 is 0 Å². The van der Waals surface area contributed by atoms with E-state index in [2.05, 4.69) is 45.6 Å². The Morgan fingerprint density at radius 2 is 2.08 bits per heavy atom. The second-order valence-electron chi connectivity index (χ2n) is 10.7. The number of likely N-dealkylation sites (N-methyl/N-ethyl adjacent to an activating group) is 1. The van der Waals surface area contributed by atoms with Crippen LogP contribution >= 0.6 is 0 Å². The number of anilines is 3. The molecule has 9 nitrogen and oxygen atoms in total. The number of nitrogens with zero attached hydrogens (tertiary/aromatic N) is 5. The molecule has 1 fully saturated rings. The highest BCUT2D eigenvalue weighted by atomic mass is 19.1. The molecule has 1 aromatic carbocycles. The van der Waals surface area contributed by atoms with Crippen LogP contribution in [0.5, 0.6) is 0 Å². The summed E-state index contributed by atoms with van der Waals surface area (Å²) in [5.74, 6) is 0.369. The van der Waals surface area contributed by atoms with Crippen molar-refractivity contribution in [3.63, 3.8) is 0 Å². The van der Waals surface area contributed by atoms with E-state index in [1.807, 2.05) is 28.8 Å². The zero-order valence-corrected chi connectivity index (χ0v) is 22.5. The lowest BCUT2D eigenvalue weighted by Crippen LogP contribution is -2.54. The molecule has 1 unspecified atom stereocenters. The van der Waals surface area contributed by atoms with E-state index in [9.17, 15) is 9.50 Å². The van der Waals surface area contributed by atoms with Crippen molar-refractivity contribution in [2.45, 2.75) is 31.2 Å². The number of nitrogens with one attached hydrogen (secondary N) is 2. The summed E-state index contributed by atoms with van der Waals surface area (Å²) in [6.07, 6.45) is 6.59. The summed E-state index contributed by atoms with van der Waals surface area (Å²) in [4.78, 5) is 13.6. The molecule has 0 radical (unpaired) electrons. The molecule has 0 bridgehead atoms. The number of rotatable bonds is 7. The van der Waals surface area contributed by atoms with E-state index in [-0.39, 0.29) is 11.4 Å². The summed E-state index contributed by atoms with van der Waals surface area (Å²) in [5, 5.41) is 17.3. The van der Waals surface area contributed by atoms with Crippen molar-refractivity contribution >= 4 is 22.8 Å². The molecule has 2 atom stereocenters.